The highest BCUT2D eigenvalue weighted by Crippen LogP contribution is 2.28. The number of fused-ring (bicyclic) bond motifs is 1. The Hall–Kier alpha value is -2.38. The summed E-state index contributed by atoms with van der Waals surface area (Å²) in [5, 5.41) is 13.3. The van der Waals surface area contributed by atoms with Gasteiger partial charge in [0, 0.05) is 6.42 Å². The van der Waals surface area contributed by atoms with Crippen LogP contribution in [0.2, 0.25) is 0 Å². The molecular weight excluding hydrogens is 442 g/mol. The molecule has 1 amide bonds. The topological polar surface area (TPSA) is 75.6 Å². The Morgan fingerprint density at radius 2 is 1.62 bits per heavy atom. The van der Waals surface area contributed by atoms with Crippen molar-refractivity contribution in [2.75, 3.05) is 6.61 Å². The second-order valence-corrected chi connectivity index (χ2v) is 9.36. The van der Waals surface area contributed by atoms with E-state index in [1.807, 2.05) is 18.2 Å². The lowest BCUT2D eigenvalue weighted by atomic mass is 10.1. The first kappa shape index (κ1) is 24.3. The standard InChI is InChI=1S/C25H29NO4S2/c27-23(28)9-7-5-3-1-2-4-6-8-14-30-21-13-12-19-15-18(10-11-20(19)17-21)16-22-24(31)26-25(29)32-22/h10-13,15-17H,1-9,14H2,(H,27,28)(H,26,29,31)/b22-16-. The average Bonchev–Trinajstić information content (AvgIpc) is 3.08. The maximum atomic E-state index is 11.4. The van der Waals surface area contributed by atoms with Crippen molar-refractivity contribution >= 4 is 57.0 Å². The number of carbonyl (C=O) groups is 2. The maximum Gasteiger partial charge on any atom is 0.303 e. The number of benzene rings is 2. The Balaban J connectivity index is 1.36. The number of carbonyl (C=O) groups excluding carboxylic acids is 1. The fourth-order valence-electron chi connectivity index (χ4n) is 3.62. The zero-order chi connectivity index (χ0) is 22.8. The molecule has 0 radical (unpaired) electrons. The Morgan fingerprint density at radius 1 is 0.969 bits per heavy atom. The number of ether oxygens (including phenoxy) is 1. The van der Waals surface area contributed by atoms with Crippen molar-refractivity contribution in [3.63, 3.8) is 0 Å². The monoisotopic (exact) mass is 471 g/mol. The summed E-state index contributed by atoms with van der Waals surface area (Å²) in [4.78, 5) is 23.2. The van der Waals surface area contributed by atoms with E-state index in [0.717, 1.165) is 70.9 Å². The van der Waals surface area contributed by atoms with E-state index in [9.17, 15) is 9.59 Å². The van der Waals surface area contributed by atoms with Crippen LogP contribution >= 0.6 is 24.0 Å². The lowest BCUT2D eigenvalue weighted by Crippen LogP contribution is -2.15. The molecule has 3 rings (SSSR count). The van der Waals surface area contributed by atoms with E-state index >= 15 is 0 Å². The smallest absolute Gasteiger partial charge is 0.303 e. The van der Waals surface area contributed by atoms with Gasteiger partial charge < -0.3 is 15.2 Å². The summed E-state index contributed by atoms with van der Waals surface area (Å²) in [5.74, 6) is 0.184. The van der Waals surface area contributed by atoms with Crippen molar-refractivity contribution in [2.24, 2.45) is 0 Å². The highest BCUT2D eigenvalue weighted by atomic mass is 32.2. The van der Waals surface area contributed by atoms with Gasteiger partial charge in [0.25, 0.3) is 5.24 Å². The van der Waals surface area contributed by atoms with Gasteiger partial charge in [0.2, 0.25) is 0 Å². The summed E-state index contributed by atoms with van der Waals surface area (Å²) in [6, 6.07) is 12.3. The van der Waals surface area contributed by atoms with Crippen LogP contribution in [0.3, 0.4) is 0 Å². The summed E-state index contributed by atoms with van der Waals surface area (Å²) >= 11 is 6.30. The third-order valence-corrected chi connectivity index (χ3v) is 6.61. The van der Waals surface area contributed by atoms with Crippen LogP contribution in [-0.2, 0) is 4.79 Å². The lowest BCUT2D eigenvalue weighted by molar-refractivity contribution is -0.137. The zero-order valence-electron chi connectivity index (χ0n) is 18.1. The number of carboxylic acid groups (broad SMARTS) is 1. The number of hydrogen-bond donors (Lipinski definition) is 2. The molecule has 0 unspecified atom stereocenters. The van der Waals surface area contributed by atoms with E-state index in [0.29, 0.717) is 18.0 Å². The molecule has 0 saturated carbocycles. The Kier molecular flexibility index (Phi) is 9.56. The van der Waals surface area contributed by atoms with E-state index in [-0.39, 0.29) is 5.24 Å². The largest absolute Gasteiger partial charge is 0.494 e. The summed E-state index contributed by atoms with van der Waals surface area (Å²) in [5.41, 5.74) is 1.01. The SMILES string of the molecule is O=C(O)CCCCCCCCCCOc1ccc2cc(/C=C3\SC(=O)NC3=S)ccc2c1. The molecular formula is C25H29NO4S2. The second kappa shape index (κ2) is 12.6. The van der Waals surface area contributed by atoms with E-state index in [4.69, 9.17) is 22.1 Å². The molecule has 2 aromatic rings. The molecule has 0 spiro atoms. The van der Waals surface area contributed by atoms with Gasteiger partial charge in [0.05, 0.1) is 11.5 Å². The third-order valence-electron chi connectivity index (χ3n) is 5.33. The average molecular weight is 472 g/mol. The molecule has 2 N–H and O–H groups in total. The molecule has 1 aliphatic rings. The van der Waals surface area contributed by atoms with Gasteiger partial charge in [0.15, 0.2) is 0 Å². The third kappa shape index (κ3) is 7.95. The minimum atomic E-state index is -0.695. The van der Waals surface area contributed by atoms with Gasteiger partial charge in [0.1, 0.15) is 10.7 Å². The van der Waals surface area contributed by atoms with Crippen LogP contribution in [0, 0.1) is 0 Å². The van der Waals surface area contributed by atoms with Crippen LogP contribution in [0.1, 0.15) is 63.4 Å². The summed E-state index contributed by atoms with van der Waals surface area (Å²) in [6.07, 6.45) is 10.9. The van der Waals surface area contributed by atoms with E-state index < -0.39 is 5.97 Å². The molecule has 7 heteroatoms. The highest BCUT2D eigenvalue weighted by Gasteiger charge is 2.21. The van der Waals surface area contributed by atoms with Crippen LogP contribution in [0.15, 0.2) is 41.3 Å². The quantitative estimate of drug-likeness (QED) is 0.187. The van der Waals surface area contributed by atoms with Crippen LogP contribution in [0.4, 0.5) is 4.79 Å². The molecule has 170 valence electrons. The van der Waals surface area contributed by atoms with Crippen molar-refractivity contribution in [3.05, 3.63) is 46.9 Å². The molecule has 1 saturated heterocycles. The first-order valence-corrected chi connectivity index (χ1v) is 12.4. The molecule has 1 fully saturated rings. The fourth-order valence-corrected chi connectivity index (χ4v) is 4.66. The molecule has 1 aliphatic heterocycles. The first-order valence-electron chi connectivity index (χ1n) is 11.1. The van der Waals surface area contributed by atoms with Gasteiger partial charge >= 0.3 is 5.97 Å². The normalized spacial score (nSPS) is 14.8. The van der Waals surface area contributed by atoms with E-state index in [1.54, 1.807) is 0 Å². The second-order valence-electron chi connectivity index (χ2n) is 7.94. The summed E-state index contributed by atoms with van der Waals surface area (Å²) < 4.78 is 5.93. The number of unbranched alkanes of at least 4 members (excludes halogenated alkanes) is 7. The minimum Gasteiger partial charge on any atom is -0.494 e. The molecule has 0 aliphatic carbocycles. The highest BCUT2D eigenvalue weighted by molar-refractivity contribution is 8.19. The van der Waals surface area contributed by atoms with Gasteiger partial charge in [-0.2, -0.15) is 0 Å². The molecule has 0 aromatic heterocycles. The number of hydrogen-bond acceptors (Lipinski definition) is 5. The predicted molar refractivity (Wildman–Crippen MR) is 135 cm³/mol. The Morgan fingerprint density at radius 3 is 2.31 bits per heavy atom. The van der Waals surface area contributed by atoms with Crippen molar-refractivity contribution < 1.29 is 19.4 Å². The number of nitrogens with one attached hydrogen (secondary N) is 1. The predicted octanol–water partition coefficient (Wildman–Crippen LogP) is 6.94. The first-order chi connectivity index (χ1) is 15.5. The Bertz CT molecular complexity index is 1000. The van der Waals surface area contributed by atoms with Crippen LogP contribution < -0.4 is 10.1 Å². The molecule has 0 atom stereocenters. The number of thiocarbonyl (C=S) groups is 1. The minimum absolute atomic E-state index is 0.128. The van der Waals surface area contributed by atoms with Crippen molar-refractivity contribution in [1.82, 2.24) is 5.32 Å². The molecule has 5 nitrogen and oxygen atoms in total. The van der Waals surface area contributed by atoms with Gasteiger partial charge in [-0.3, -0.25) is 9.59 Å². The van der Waals surface area contributed by atoms with Crippen molar-refractivity contribution in [2.45, 2.75) is 57.8 Å². The number of aliphatic carboxylic acids is 1. The van der Waals surface area contributed by atoms with Crippen molar-refractivity contribution in [3.8, 4) is 5.75 Å². The molecule has 32 heavy (non-hydrogen) atoms. The summed E-state index contributed by atoms with van der Waals surface area (Å²) in [7, 11) is 0. The Labute approximate surface area is 198 Å². The molecule has 2 aromatic carbocycles. The number of amides is 1. The number of carboxylic acids is 1. The molecule has 0 bridgehead atoms. The summed E-state index contributed by atoms with van der Waals surface area (Å²) in [6.45, 7) is 0.712. The van der Waals surface area contributed by atoms with Crippen LogP contribution in [0.5, 0.6) is 5.75 Å². The lowest BCUT2D eigenvalue weighted by Gasteiger charge is -2.08. The van der Waals surface area contributed by atoms with Gasteiger partial charge in [-0.15, -0.1) is 0 Å². The van der Waals surface area contributed by atoms with Crippen LogP contribution in [-0.4, -0.2) is 27.9 Å². The number of rotatable bonds is 13. The van der Waals surface area contributed by atoms with E-state index in [2.05, 4.69) is 29.6 Å². The van der Waals surface area contributed by atoms with Gasteiger partial charge in [-0.05, 0) is 65.2 Å². The van der Waals surface area contributed by atoms with E-state index in [1.165, 1.54) is 19.3 Å². The van der Waals surface area contributed by atoms with Crippen LogP contribution in [0.25, 0.3) is 16.8 Å². The maximum absolute atomic E-state index is 11.4. The van der Waals surface area contributed by atoms with Gasteiger partial charge in [-0.1, -0.05) is 68.9 Å². The van der Waals surface area contributed by atoms with Gasteiger partial charge in [-0.25, -0.2) is 0 Å². The van der Waals surface area contributed by atoms with Crippen molar-refractivity contribution in [1.29, 1.82) is 0 Å². The fraction of sp³-hybridized carbons (Fsp3) is 0.400. The molecule has 1 heterocycles. The number of thioether (sulfide) groups is 1. The zero-order valence-corrected chi connectivity index (χ0v) is 19.7.